The second-order valence-electron chi connectivity index (χ2n) is 5.31. The van der Waals surface area contributed by atoms with Crippen molar-refractivity contribution < 1.29 is 9.53 Å². The summed E-state index contributed by atoms with van der Waals surface area (Å²) in [5, 5.41) is 0.497. The molecule has 0 spiro atoms. The van der Waals surface area contributed by atoms with Crippen LogP contribution in [-0.2, 0) is 11.2 Å². The molecular weight excluding hydrogens is 300 g/mol. The molecule has 0 unspecified atom stereocenters. The molecule has 0 bridgehead atoms. The van der Waals surface area contributed by atoms with Crippen LogP contribution < -0.4 is 4.74 Å². The summed E-state index contributed by atoms with van der Waals surface area (Å²) >= 11 is 6.00. The summed E-state index contributed by atoms with van der Waals surface area (Å²) in [7, 11) is 0. The van der Waals surface area contributed by atoms with Crippen molar-refractivity contribution in [2.45, 2.75) is 18.9 Å². The number of halogens is 1. The third kappa shape index (κ3) is 3.57. The first-order valence-corrected chi connectivity index (χ1v) is 7.69. The second kappa shape index (κ2) is 6.79. The number of amides is 1. The molecule has 1 aromatic heterocycles. The lowest BCUT2D eigenvalue weighted by molar-refractivity contribution is -0.140. The van der Waals surface area contributed by atoms with E-state index < -0.39 is 0 Å². The quantitative estimate of drug-likeness (QED) is 0.851. The third-order valence-corrected chi connectivity index (χ3v) is 3.96. The summed E-state index contributed by atoms with van der Waals surface area (Å²) in [4.78, 5) is 18.0. The van der Waals surface area contributed by atoms with Gasteiger partial charge in [0.1, 0.15) is 11.1 Å². The van der Waals surface area contributed by atoms with Crippen molar-refractivity contribution in [1.29, 1.82) is 0 Å². The third-order valence-electron chi connectivity index (χ3n) is 3.67. The molecule has 1 fully saturated rings. The standard InChI is InChI=1S/C17H17ClN2O2/c18-15-7-4-10-19-17(15)22-14-11-20(12-14)16(21)9-8-13-5-2-1-3-6-13/h1-7,10,14H,8-9,11-12H2. The lowest BCUT2D eigenvalue weighted by atomic mass is 10.1. The molecule has 3 rings (SSSR count). The zero-order valence-electron chi connectivity index (χ0n) is 12.1. The fourth-order valence-corrected chi connectivity index (χ4v) is 2.55. The van der Waals surface area contributed by atoms with Crippen molar-refractivity contribution in [3.8, 4) is 5.88 Å². The van der Waals surface area contributed by atoms with Crippen LogP contribution in [0.4, 0.5) is 0 Å². The van der Waals surface area contributed by atoms with Gasteiger partial charge < -0.3 is 9.64 Å². The molecule has 1 aliphatic rings. The van der Waals surface area contributed by atoms with E-state index >= 15 is 0 Å². The maximum absolute atomic E-state index is 12.1. The van der Waals surface area contributed by atoms with Crippen LogP contribution in [-0.4, -0.2) is 35.0 Å². The van der Waals surface area contributed by atoms with E-state index in [9.17, 15) is 4.79 Å². The normalized spacial score (nSPS) is 14.5. The molecule has 0 aliphatic carbocycles. The van der Waals surface area contributed by atoms with Crippen LogP contribution in [0.15, 0.2) is 48.7 Å². The molecule has 1 aromatic carbocycles. The summed E-state index contributed by atoms with van der Waals surface area (Å²) < 4.78 is 5.69. The number of carbonyl (C=O) groups is 1. The molecule has 1 saturated heterocycles. The Kier molecular flexibility index (Phi) is 4.59. The highest BCUT2D eigenvalue weighted by molar-refractivity contribution is 6.31. The Labute approximate surface area is 134 Å². The van der Waals surface area contributed by atoms with Gasteiger partial charge in [0.25, 0.3) is 0 Å². The number of aromatic nitrogens is 1. The van der Waals surface area contributed by atoms with Crippen molar-refractivity contribution in [2.75, 3.05) is 13.1 Å². The minimum atomic E-state index is -0.0203. The van der Waals surface area contributed by atoms with Gasteiger partial charge in [-0.1, -0.05) is 41.9 Å². The highest BCUT2D eigenvalue weighted by atomic mass is 35.5. The van der Waals surface area contributed by atoms with Crippen molar-refractivity contribution in [3.05, 3.63) is 59.2 Å². The van der Waals surface area contributed by atoms with Crippen molar-refractivity contribution >= 4 is 17.5 Å². The van der Waals surface area contributed by atoms with Crippen molar-refractivity contribution in [3.63, 3.8) is 0 Å². The lowest BCUT2D eigenvalue weighted by Crippen LogP contribution is -2.56. The van der Waals surface area contributed by atoms with E-state index in [1.54, 1.807) is 18.3 Å². The topological polar surface area (TPSA) is 42.4 Å². The summed E-state index contributed by atoms with van der Waals surface area (Å²) in [5.41, 5.74) is 1.18. The van der Waals surface area contributed by atoms with Gasteiger partial charge in [0.2, 0.25) is 11.8 Å². The monoisotopic (exact) mass is 316 g/mol. The van der Waals surface area contributed by atoms with E-state index in [1.165, 1.54) is 5.56 Å². The molecular formula is C17H17ClN2O2. The first-order valence-electron chi connectivity index (χ1n) is 7.31. The number of hydrogen-bond acceptors (Lipinski definition) is 3. The Bertz CT molecular complexity index is 642. The van der Waals surface area contributed by atoms with Gasteiger partial charge in [-0.2, -0.15) is 0 Å². The average Bonchev–Trinajstić information content (AvgIpc) is 2.51. The molecule has 0 radical (unpaired) electrons. The van der Waals surface area contributed by atoms with Gasteiger partial charge in [-0.25, -0.2) is 4.98 Å². The predicted molar refractivity (Wildman–Crippen MR) is 85.0 cm³/mol. The summed E-state index contributed by atoms with van der Waals surface area (Å²) in [6.45, 7) is 1.20. The van der Waals surface area contributed by atoms with Gasteiger partial charge >= 0.3 is 0 Å². The molecule has 114 valence electrons. The SMILES string of the molecule is O=C(CCc1ccccc1)N1CC(Oc2ncccc2Cl)C1. The number of aryl methyl sites for hydroxylation is 1. The maximum atomic E-state index is 12.1. The Balaban J connectivity index is 1.43. The zero-order chi connectivity index (χ0) is 15.4. The van der Waals surface area contributed by atoms with Gasteiger partial charge in [-0.15, -0.1) is 0 Å². The van der Waals surface area contributed by atoms with Gasteiger partial charge in [0, 0.05) is 12.6 Å². The van der Waals surface area contributed by atoms with Gasteiger partial charge in [-0.3, -0.25) is 4.79 Å². The summed E-state index contributed by atoms with van der Waals surface area (Å²) in [5.74, 6) is 0.598. The number of hydrogen-bond donors (Lipinski definition) is 0. The van der Waals surface area contributed by atoms with Crippen LogP contribution in [0.3, 0.4) is 0 Å². The smallest absolute Gasteiger partial charge is 0.232 e. The Morgan fingerprint density at radius 3 is 2.73 bits per heavy atom. The molecule has 5 heteroatoms. The Morgan fingerprint density at radius 1 is 1.23 bits per heavy atom. The Hall–Kier alpha value is -2.07. The summed E-state index contributed by atoms with van der Waals surface area (Å²) in [6.07, 6.45) is 2.92. The molecule has 2 heterocycles. The first kappa shape index (κ1) is 14.9. The highest BCUT2D eigenvalue weighted by Gasteiger charge is 2.32. The van der Waals surface area contributed by atoms with Crippen molar-refractivity contribution in [2.24, 2.45) is 0 Å². The van der Waals surface area contributed by atoms with Crippen LogP contribution in [0.5, 0.6) is 5.88 Å². The molecule has 0 N–H and O–H groups in total. The van der Waals surface area contributed by atoms with E-state index in [-0.39, 0.29) is 12.0 Å². The number of rotatable bonds is 5. The largest absolute Gasteiger partial charge is 0.470 e. The predicted octanol–water partition coefficient (Wildman–Crippen LogP) is 2.96. The first-order chi connectivity index (χ1) is 10.7. The lowest BCUT2D eigenvalue weighted by Gasteiger charge is -2.38. The number of pyridine rings is 1. The van der Waals surface area contributed by atoms with Crippen LogP contribution >= 0.6 is 11.6 Å². The van der Waals surface area contributed by atoms with E-state index in [0.29, 0.717) is 30.4 Å². The second-order valence-corrected chi connectivity index (χ2v) is 5.72. The number of likely N-dealkylation sites (tertiary alicyclic amines) is 1. The number of ether oxygens (including phenoxy) is 1. The van der Waals surface area contributed by atoms with Gasteiger partial charge in [0.05, 0.1) is 13.1 Å². The zero-order valence-corrected chi connectivity index (χ0v) is 12.9. The minimum Gasteiger partial charge on any atom is -0.470 e. The van der Waals surface area contributed by atoms with Crippen LogP contribution in [0.2, 0.25) is 5.02 Å². The molecule has 0 saturated carbocycles. The molecule has 22 heavy (non-hydrogen) atoms. The van der Waals surface area contributed by atoms with Gasteiger partial charge in [-0.05, 0) is 24.1 Å². The molecule has 1 amide bonds. The fourth-order valence-electron chi connectivity index (χ4n) is 2.39. The molecule has 1 aliphatic heterocycles. The highest BCUT2D eigenvalue weighted by Crippen LogP contribution is 2.24. The number of carbonyl (C=O) groups excluding carboxylic acids is 1. The van der Waals surface area contributed by atoms with E-state index in [2.05, 4.69) is 4.98 Å². The molecule has 4 nitrogen and oxygen atoms in total. The molecule has 2 aromatic rings. The maximum Gasteiger partial charge on any atom is 0.232 e. The molecule has 0 atom stereocenters. The fraction of sp³-hybridized carbons (Fsp3) is 0.294. The minimum absolute atomic E-state index is 0.0203. The van der Waals surface area contributed by atoms with E-state index in [1.807, 2.05) is 35.2 Å². The van der Waals surface area contributed by atoms with Crippen molar-refractivity contribution in [1.82, 2.24) is 9.88 Å². The summed E-state index contributed by atoms with van der Waals surface area (Å²) in [6, 6.07) is 13.5. The van der Waals surface area contributed by atoms with E-state index in [0.717, 1.165) is 6.42 Å². The Morgan fingerprint density at radius 2 is 2.00 bits per heavy atom. The average molecular weight is 317 g/mol. The van der Waals surface area contributed by atoms with Crippen LogP contribution in [0.1, 0.15) is 12.0 Å². The number of nitrogens with zero attached hydrogens (tertiary/aromatic N) is 2. The number of benzene rings is 1. The van der Waals surface area contributed by atoms with Crippen LogP contribution in [0.25, 0.3) is 0 Å². The van der Waals surface area contributed by atoms with Gasteiger partial charge in [0.15, 0.2) is 0 Å². The van der Waals surface area contributed by atoms with Crippen LogP contribution in [0, 0.1) is 0 Å². The van der Waals surface area contributed by atoms with E-state index in [4.69, 9.17) is 16.3 Å².